The molecule has 2 saturated heterocycles. The lowest BCUT2D eigenvalue weighted by Crippen LogP contribution is -2.69. The topological polar surface area (TPSA) is 374 Å². The minimum absolute atomic E-state index is 0.0324. The highest BCUT2D eigenvalue weighted by Crippen LogP contribution is 2.49. The molecule has 2 heterocycles. The highest BCUT2D eigenvalue weighted by molar-refractivity contribution is 7.47. The van der Waals surface area contributed by atoms with Crippen LogP contribution in [0.15, 0.2) is 0 Å². The summed E-state index contributed by atoms with van der Waals surface area (Å²) in [5, 5.41) is 110. The Hall–Kier alpha value is -2.04. The van der Waals surface area contributed by atoms with Crippen molar-refractivity contribution in [2.75, 3.05) is 26.4 Å². The third kappa shape index (κ3) is 38.7. The van der Waals surface area contributed by atoms with Gasteiger partial charge >= 0.3 is 25.7 Å². The van der Waals surface area contributed by atoms with Gasteiger partial charge in [-0.3, -0.25) is 23.4 Å². The summed E-state index contributed by atoms with van der Waals surface area (Å²) >= 11 is 0. The molecule has 25 heteroatoms. The van der Waals surface area contributed by atoms with Gasteiger partial charge in [0.15, 0.2) is 18.7 Å². The van der Waals surface area contributed by atoms with E-state index in [1.165, 1.54) is 154 Å². The normalized spacial score (nSPS) is 27.7. The van der Waals surface area contributed by atoms with Crippen molar-refractivity contribution < 1.29 is 117 Å². The summed E-state index contributed by atoms with van der Waals surface area (Å²) < 4.78 is 65.1. The molecule has 0 aromatic rings. The molecule has 3 rings (SSSR count). The molecule has 0 spiro atoms. The van der Waals surface area contributed by atoms with Crippen molar-refractivity contribution in [3.63, 3.8) is 0 Å². The average molecular weight is 1440 g/mol. The van der Waals surface area contributed by atoms with Crippen LogP contribution in [-0.4, -0.2) is 204 Å². The van der Waals surface area contributed by atoms with Crippen LogP contribution in [0.4, 0.5) is 0 Å². The number of aliphatic hydroxyl groups is 10. The molecule has 99 heavy (non-hydrogen) atoms. The molecule has 0 amide bonds. The van der Waals surface area contributed by atoms with Gasteiger partial charge in [0.05, 0.1) is 13.2 Å². The van der Waals surface area contributed by atoms with Crippen LogP contribution in [0.5, 0.6) is 0 Å². The molecule has 0 aromatic heterocycles. The van der Waals surface area contributed by atoms with Gasteiger partial charge in [-0.05, 0) is 25.2 Å². The Balaban J connectivity index is 1.73. The maximum atomic E-state index is 14.4. The monoisotopic (exact) mass is 1440 g/mol. The quantitative estimate of drug-likeness (QED) is 0.0117. The van der Waals surface area contributed by atoms with Gasteiger partial charge in [0, 0.05) is 19.3 Å². The second-order valence-corrected chi connectivity index (χ2v) is 30.1. The minimum atomic E-state index is -5.69. The van der Waals surface area contributed by atoms with E-state index in [1.807, 2.05) is 0 Å². The number of unbranched alkanes of at least 4 members (excludes halogenated alkanes) is 36. The summed E-state index contributed by atoms with van der Waals surface area (Å²) in [5.74, 6) is -1.28. The molecule has 0 radical (unpaired) electrons. The van der Waals surface area contributed by atoms with Crippen LogP contribution in [0.1, 0.15) is 317 Å². The molecule has 3 aliphatic rings. The predicted octanol–water partition coefficient (Wildman–Crippen LogP) is 11.2. The molecule has 19 atom stereocenters. The van der Waals surface area contributed by atoms with Gasteiger partial charge in [0.2, 0.25) is 0 Å². The third-order valence-corrected chi connectivity index (χ3v) is 20.8. The largest absolute Gasteiger partial charge is 0.472 e. The lowest BCUT2D eigenvalue weighted by molar-refractivity contribution is -0.360. The Morgan fingerprint density at radius 3 is 1.09 bits per heavy atom. The fourth-order valence-electron chi connectivity index (χ4n) is 13.3. The van der Waals surface area contributed by atoms with Gasteiger partial charge in [-0.2, -0.15) is 0 Å². The van der Waals surface area contributed by atoms with Crippen molar-refractivity contribution in [3.8, 4) is 0 Å². The molecule has 1 aliphatic carbocycles. The number of phosphoric ester groups is 1. The second-order valence-electron chi connectivity index (χ2n) is 28.7. The standard InChI is InChI=1S/C74H139O24P/c1-5-8-11-14-17-19-21-22-23-24-25-26-28-30-32-39-44-49-60(78)93-55(51-90-58(76)47-42-38-34-33-36-41-46-54(4)45-40-35-16-13-10-7-3)52-92-99(88,89)98-72-70(96-73-68(86)63(81)61(79)56(50-75)94-73)66(84)65(83)67(85)71(72)97-74-69(87)64(82)62(80)57(95-74)53-91-59(77)48-43-37-31-29-27-20-18-15-12-9-6-2/h54-57,61-75,79-87H,5-53H2,1-4H3,(H,88,89). The SMILES string of the molecule is CCCCCCCCCCCCCCCCCCCC(=O)OC(COC(=O)CCCCCCCCC(C)CCCCCCCC)COP(=O)(O)OC1C(OC2OC(CO)C(O)C(O)C2O)C(O)C(O)C(O)C1OC1OC(COC(=O)CCCCCCCCCCCCC)C(O)C(O)C1O. The fourth-order valence-corrected chi connectivity index (χ4v) is 14.3. The zero-order valence-electron chi connectivity index (χ0n) is 61.2. The first-order valence-electron chi connectivity index (χ1n) is 39.2. The van der Waals surface area contributed by atoms with Gasteiger partial charge in [-0.25, -0.2) is 4.57 Å². The van der Waals surface area contributed by atoms with Gasteiger partial charge in [0.25, 0.3) is 0 Å². The molecule has 11 N–H and O–H groups in total. The third-order valence-electron chi connectivity index (χ3n) is 19.8. The van der Waals surface area contributed by atoms with Crippen molar-refractivity contribution in [1.82, 2.24) is 0 Å². The van der Waals surface area contributed by atoms with Gasteiger partial charge in [-0.15, -0.1) is 0 Å². The number of hydrogen-bond acceptors (Lipinski definition) is 23. The van der Waals surface area contributed by atoms with E-state index in [1.54, 1.807) is 0 Å². The molecular weight excluding hydrogens is 1300 g/mol. The number of rotatable bonds is 61. The zero-order valence-corrected chi connectivity index (χ0v) is 62.1. The Bertz CT molecular complexity index is 2060. The van der Waals surface area contributed by atoms with E-state index in [2.05, 4.69) is 27.7 Å². The van der Waals surface area contributed by atoms with E-state index in [0.717, 1.165) is 96.3 Å². The first-order chi connectivity index (χ1) is 47.7. The van der Waals surface area contributed by atoms with E-state index < -0.39 is 156 Å². The maximum absolute atomic E-state index is 14.4. The molecule has 584 valence electrons. The Labute approximate surface area is 593 Å². The number of esters is 3. The van der Waals surface area contributed by atoms with Crippen LogP contribution in [0.25, 0.3) is 0 Å². The second kappa shape index (κ2) is 55.4. The van der Waals surface area contributed by atoms with E-state index in [-0.39, 0.29) is 19.3 Å². The fraction of sp³-hybridized carbons (Fsp3) is 0.959. The number of carbonyl (C=O) groups is 3. The number of phosphoric acid groups is 1. The average Bonchev–Trinajstić information content (AvgIpc) is 0.761. The summed E-state index contributed by atoms with van der Waals surface area (Å²) in [4.78, 5) is 51.1. The Morgan fingerprint density at radius 2 is 0.707 bits per heavy atom. The van der Waals surface area contributed by atoms with Crippen LogP contribution in [0.3, 0.4) is 0 Å². The molecule has 19 unspecified atom stereocenters. The zero-order chi connectivity index (χ0) is 72.6. The Kier molecular flexibility index (Phi) is 51.0. The maximum Gasteiger partial charge on any atom is 0.472 e. The van der Waals surface area contributed by atoms with Gasteiger partial charge in [0.1, 0.15) is 98.7 Å². The number of aliphatic hydroxyl groups excluding tert-OH is 10. The van der Waals surface area contributed by atoms with Crippen LogP contribution in [-0.2, 0) is 61.2 Å². The van der Waals surface area contributed by atoms with E-state index in [9.17, 15) is 74.9 Å². The number of carbonyl (C=O) groups excluding carboxylic acids is 3. The van der Waals surface area contributed by atoms with Crippen molar-refractivity contribution in [2.24, 2.45) is 5.92 Å². The molecule has 0 aromatic carbocycles. The highest BCUT2D eigenvalue weighted by Gasteiger charge is 2.58. The first-order valence-corrected chi connectivity index (χ1v) is 40.7. The van der Waals surface area contributed by atoms with Crippen LogP contribution < -0.4 is 0 Å². The molecule has 2 aliphatic heterocycles. The highest BCUT2D eigenvalue weighted by atomic mass is 31.2. The minimum Gasteiger partial charge on any atom is -0.463 e. The van der Waals surface area contributed by atoms with Crippen molar-refractivity contribution in [1.29, 1.82) is 0 Å². The van der Waals surface area contributed by atoms with E-state index in [0.29, 0.717) is 25.2 Å². The lowest BCUT2D eigenvalue weighted by atomic mass is 9.84. The molecule has 1 saturated carbocycles. The molecule has 0 bridgehead atoms. The number of hydrogen-bond donors (Lipinski definition) is 11. The van der Waals surface area contributed by atoms with E-state index in [4.69, 9.17) is 42.2 Å². The summed E-state index contributed by atoms with van der Waals surface area (Å²) in [6.45, 7) is 5.80. The van der Waals surface area contributed by atoms with Crippen LogP contribution in [0, 0.1) is 5.92 Å². The smallest absolute Gasteiger partial charge is 0.463 e. The summed E-state index contributed by atoms with van der Waals surface area (Å²) in [6, 6.07) is 0. The molecule has 24 nitrogen and oxygen atoms in total. The summed E-state index contributed by atoms with van der Waals surface area (Å²) in [6.07, 6.45) is 11.7. The summed E-state index contributed by atoms with van der Waals surface area (Å²) in [7, 11) is -5.69. The van der Waals surface area contributed by atoms with Gasteiger partial charge < -0.3 is 89.1 Å². The predicted molar refractivity (Wildman–Crippen MR) is 375 cm³/mol. The van der Waals surface area contributed by atoms with E-state index >= 15 is 0 Å². The lowest BCUT2D eigenvalue weighted by Gasteiger charge is -2.49. The Morgan fingerprint density at radius 1 is 0.384 bits per heavy atom. The summed E-state index contributed by atoms with van der Waals surface area (Å²) in [5.41, 5.74) is 0. The van der Waals surface area contributed by atoms with Crippen molar-refractivity contribution in [2.45, 2.75) is 421 Å². The van der Waals surface area contributed by atoms with Crippen molar-refractivity contribution in [3.05, 3.63) is 0 Å². The van der Waals surface area contributed by atoms with Crippen LogP contribution >= 0.6 is 7.82 Å². The van der Waals surface area contributed by atoms with Crippen molar-refractivity contribution >= 4 is 25.7 Å². The molecule has 3 fully saturated rings. The molecular formula is C74H139O24P. The number of ether oxygens (including phenoxy) is 7. The van der Waals surface area contributed by atoms with Crippen LogP contribution in [0.2, 0.25) is 0 Å². The van der Waals surface area contributed by atoms with Gasteiger partial charge in [-0.1, -0.05) is 278 Å². The first kappa shape index (κ1) is 91.2.